The molecule has 0 aliphatic heterocycles. The van der Waals surface area contributed by atoms with Crippen LogP contribution in [-0.4, -0.2) is 30.4 Å². The number of amides is 1. The second kappa shape index (κ2) is 8.12. The summed E-state index contributed by atoms with van der Waals surface area (Å²) in [5.41, 5.74) is 3.45. The van der Waals surface area contributed by atoms with Crippen LogP contribution in [0.3, 0.4) is 0 Å². The lowest BCUT2D eigenvalue weighted by molar-refractivity contribution is -0.148. The number of carbonyl (C=O) groups is 2. The largest absolute Gasteiger partial charge is 0.452 e. The van der Waals surface area contributed by atoms with Gasteiger partial charge in [0.05, 0.1) is 6.04 Å². The molecule has 1 aromatic carbocycles. The van der Waals surface area contributed by atoms with E-state index in [4.69, 9.17) is 4.74 Å². The number of esters is 1. The molecular formula is C20H21NO3S. The number of aryl methyl sites for hydroxylation is 1. The Bertz CT molecular complexity index is 767. The highest BCUT2D eigenvalue weighted by atomic mass is 32.1. The van der Waals surface area contributed by atoms with Crippen LogP contribution in [0, 0.1) is 0 Å². The highest BCUT2D eigenvalue weighted by Gasteiger charge is 2.26. The van der Waals surface area contributed by atoms with Gasteiger partial charge >= 0.3 is 5.97 Å². The Labute approximate surface area is 151 Å². The Balaban J connectivity index is 1.56. The van der Waals surface area contributed by atoms with Crippen molar-refractivity contribution in [2.75, 3.05) is 13.7 Å². The van der Waals surface area contributed by atoms with Crippen LogP contribution in [0.25, 0.3) is 6.08 Å². The van der Waals surface area contributed by atoms with E-state index in [-0.39, 0.29) is 18.6 Å². The molecule has 130 valence electrons. The van der Waals surface area contributed by atoms with E-state index in [1.165, 1.54) is 17.2 Å². The van der Waals surface area contributed by atoms with Gasteiger partial charge in [-0.25, -0.2) is 4.79 Å². The zero-order chi connectivity index (χ0) is 17.6. The Hall–Kier alpha value is -2.40. The van der Waals surface area contributed by atoms with E-state index >= 15 is 0 Å². The minimum atomic E-state index is -0.503. The number of benzene rings is 1. The van der Waals surface area contributed by atoms with Gasteiger partial charge in [-0.15, -0.1) is 0 Å². The highest BCUT2D eigenvalue weighted by molar-refractivity contribution is 7.08. The third-order valence-electron chi connectivity index (χ3n) is 4.49. The first-order valence-corrected chi connectivity index (χ1v) is 9.30. The summed E-state index contributed by atoms with van der Waals surface area (Å²) < 4.78 is 5.09. The van der Waals surface area contributed by atoms with E-state index < -0.39 is 5.97 Å². The van der Waals surface area contributed by atoms with Crippen molar-refractivity contribution in [3.63, 3.8) is 0 Å². The van der Waals surface area contributed by atoms with Gasteiger partial charge in [0.2, 0.25) is 0 Å². The Morgan fingerprint density at radius 3 is 2.96 bits per heavy atom. The fourth-order valence-corrected chi connectivity index (χ4v) is 3.75. The minimum absolute atomic E-state index is 0.0532. The van der Waals surface area contributed by atoms with Crippen molar-refractivity contribution in [2.45, 2.75) is 25.3 Å². The predicted octanol–water partition coefficient (Wildman–Crippen LogP) is 3.84. The molecule has 0 N–H and O–H groups in total. The highest BCUT2D eigenvalue weighted by Crippen LogP contribution is 2.33. The van der Waals surface area contributed by atoms with Gasteiger partial charge in [-0.3, -0.25) is 4.79 Å². The summed E-state index contributed by atoms with van der Waals surface area (Å²) >= 11 is 1.56. The topological polar surface area (TPSA) is 46.6 Å². The number of thiophene rings is 1. The molecule has 0 spiro atoms. The summed E-state index contributed by atoms with van der Waals surface area (Å²) in [7, 11) is 1.78. The van der Waals surface area contributed by atoms with E-state index in [0.717, 1.165) is 24.8 Å². The Kier molecular flexibility index (Phi) is 5.66. The molecule has 1 aliphatic carbocycles. The predicted molar refractivity (Wildman–Crippen MR) is 99.2 cm³/mol. The van der Waals surface area contributed by atoms with E-state index in [9.17, 15) is 9.59 Å². The van der Waals surface area contributed by atoms with Gasteiger partial charge in [0.25, 0.3) is 5.91 Å². The molecule has 3 rings (SSSR count). The van der Waals surface area contributed by atoms with Crippen molar-refractivity contribution in [3.8, 4) is 0 Å². The van der Waals surface area contributed by atoms with E-state index in [0.29, 0.717) is 0 Å². The molecule has 0 radical (unpaired) electrons. The van der Waals surface area contributed by atoms with Crippen molar-refractivity contribution in [1.82, 2.24) is 4.90 Å². The Morgan fingerprint density at radius 2 is 2.16 bits per heavy atom. The van der Waals surface area contributed by atoms with Crippen LogP contribution in [0.1, 0.15) is 35.6 Å². The lowest BCUT2D eigenvalue weighted by Crippen LogP contribution is -2.36. The van der Waals surface area contributed by atoms with Crippen molar-refractivity contribution in [1.29, 1.82) is 0 Å². The van der Waals surface area contributed by atoms with Crippen LogP contribution in [0.5, 0.6) is 0 Å². The molecule has 1 heterocycles. The van der Waals surface area contributed by atoms with Crippen LogP contribution in [0.4, 0.5) is 0 Å². The standard InChI is InChI=1S/C20H21NO3S/c1-21(18-8-4-6-16-5-2-3-7-17(16)18)19(22)13-24-20(23)10-9-15-11-12-25-14-15/h2-3,5,7,9-12,14,18H,4,6,8,13H2,1H3/b10-9+/t18-/m0/s1. The van der Waals surface area contributed by atoms with Crippen LogP contribution in [-0.2, 0) is 20.7 Å². The third-order valence-corrected chi connectivity index (χ3v) is 5.19. The lowest BCUT2D eigenvalue weighted by Gasteiger charge is -2.33. The summed E-state index contributed by atoms with van der Waals surface area (Å²) in [6.07, 6.45) is 6.08. The molecule has 5 heteroatoms. The van der Waals surface area contributed by atoms with Crippen molar-refractivity contribution >= 4 is 29.3 Å². The maximum atomic E-state index is 12.4. The van der Waals surface area contributed by atoms with E-state index in [1.54, 1.807) is 29.4 Å². The minimum Gasteiger partial charge on any atom is -0.452 e. The van der Waals surface area contributed by atoms with Crippen molar-refractivity contribution in [3.05, 3.63) is 63.9 Å². The first kappa shape index (κ1) is 17.4. The van der Waals surface area contributed by atoms with Gasteiger partial charge in [0.15, 0.2) is 6.61 Å². The maximum absolute atomic E-state index is 12.4. The molecule has 0 saturated carbocycles. The van der Waals surface area contributed by atoms with Crippen molar-refractivity contribution < 1.29 is 14.3 Å². The molecule has 1 aliphatic rings. The van der Waals surface area contributed by atoms with Gasteiger partial charge in [0, 0.05) is 13.1 Å². The molecular weight excluding hydrogens is 334 g/mol. The number of carbonyl (C=O) groups excluding carboxylic acids is 2. The summed E-state index contributed by atoms with van der Waals surface area (Å²) in [5, 5.41) is 3.87. The smallest absolute Gasteiger partial charge is 0.331 e. The number of likely N-dealkylation sites (N-methyl/N-ethyl adjacent to an activating group) is 1. The first-order chi connectivity index (χ1) is 12.1. The SMILES string of the molecule is CN(C(=O)COC(=O)/C=C/c1ccsc1)[C@H]1CCCc2ccccc21. The average Bonchev–Trinajstić information content (AvgIpc) is 3.17. The third kappa shape index (κ3) is 4.37. The number of hydrogen-bond acceptors (Lipinski definition) is 4. The average molecular weight is 355 g/mol. The zero-order valence-corrected chi connectivity index (χ0v) is 15.0. The quantitative estimate of drug-likeness (QED) is 0.605. The first-order valence-electron chi connectivity index (χ1n) is 8.35. The summed E-state index contributed by atoms with van der Waals surface area (Å²) in [6.45, 7) is -0.234. The number of nitrogens with zero attached hydrogens (tertiary/aromatic N) is 1. The molecule has 1 atom stereocenters. The zero-order valence-electron chi connectivity index (χ0n) is 14.2. The fourth-order valence-electron chi connectivity index (χ4n) is 3.12. The molecule has 0 unspecified atom stereocenters. The second-order valence-electron chi connectivity index (χ2n) is 6.11. The number of fused-ring (bicyclic) bond motifs is 1. The van der Waals surface area contributed by atoms with Crippen LogP contribution < -0.4 is 0 Å². The molecule has 0 bridgehead atoms. The molecule has 25 heavy (non-hydrogen) atoms. The number of rotatable bonds is 5. The lowest BCUT2D eigenvalue weighted by atomic mass is 9.87. The van der Waals surface area contributed by atoms with E-state index in [2.05, 4.69) is 12.1 Å². The van der Waals surface area contributed by atoms with Gasteiger partial charge in [-0.2, -0.15) is 11.3 Å². The summed E-state index contributed by atoms with van der Waals surface area (Å²) in [6, 6.07) is 10.2. The maximum Gasteiger partial charge on any atom is 0.331 e. The molecule has 1 aromatic heterocycles. The fraction of sp³-hybridized carbons (Fsp3) is 0.300. The number of ether oxygens (including phenoxy) is 1. The van der Waals surface area contributed by atoms with Crippen molar-refractivity contribution in [2.24, 2.45) is 0 Å². The summed E-state index contributed by atoms with van der Waals surface area (Å²) in [5.74, 6) is -0.684. The Morgan fingerprint density at radius 1 is 1.32 bits per heavy atom. The molecule has 2 aromatic rings. The molecule has 4 nitrogen and oxygen atoms in total. The summed E-state index contributed by atoms with van der Waals surface area (Å²) in [4.78, 5) is 25.9. The van der Waals surface area contributed by atoms with E-state index in [1.807, 2.05) is 29.0 Å². The van der Waals surface area contributed by atoms with Crippen LogP contribution in [0.2, 0.25) is 0 Å². The van der Waals surface area contributed by atoms with Gasteiger partial charge in [0.1, 0.15) is 0 Å². The number of hydrogen-bond donors (Lipinski definition) is 0. The van der Waals surface area contributed by atoms with Gasteiger partial charge < -0.3 is 9.64 Å². The monoisotopic (exact) mass is 355 g/mol. The molecule has 1 amide bonds. The van der Waals surface area contributed by atoms with Crippen LogP contribution >= 0.6 is 11.3 Å². The molecule has 0 fully saturated rings. The van der Waals surface area contributed by atoms with Gasteiger partial charge in [-0.05, 0) is 58.9 Å². The van der Waals surface area contributed by atoms with Gasteiger partial charge in [-0.1, -0.05) is 24.3 Å². The normalized spacial score (nSPS) is 16.4. The second-order valence-corrected chi connectivity index (χ2v) is 6.89. The van der Waals surface area contributed by atoms with Crippen LogP contribution in [0.15, 0.2) is 47.2 Å². The molecule has 0 saturated heterocycles.